The van der Waals surface area contributed by atoms with Crippen molar-refractivity contribution in [2.24, 2.45) is 0 Å². The zero-order chi connectivity index (χ0) is 16.9. The first-order valence-electron chi connectivity index (χ1n) is 7.93. The fourth-order valence-corrected chi connectivity index (χ4v) is 2.56. The Labute approximate surface area is 141 Å². The smallest absolute Gasteiger partial charge is 0.221 e. The third kappa shape index (κ3) is 4.20. The van der Waals surface area contributed by atoms with E-state index in [9.17, 15) is 4.79 Å². The fraction of sp³-hybridized carbons (Fsp3) is 0.353. The van der Waals surface area contributed by atoms with Gasteiger partial charge in [0.05, 0.1) is 13.2 Å². The van der Waals surface area contributed by atoms with Gasteiger partial charge in [0.2, 0.25) is 5.91 Å². The molecule has 0 radical (unpaired) electrons. The predicted octanol–water partition coefficient (Wildman–Crippen LogP) is 2.32. The van der Waals surface area contributed by atoms with Crippen LogP contribution in [-0.4, -0.2) is 42.2 Å². The van der Waals surface area contributed by atoms with Gasteiger partial charge in [0.25, 0.3) is 0 Å². The lowest BCUT2D eigenvalue weighted by Crippen LogP contribution is -2.36. The minimum absolute atomic E-state index is 0.0858. The molecule has 0 unspecified atom stereocenters. The van der Waals surface area contributed by atoms with Gasteiger partial charge in [-0.3, -0.25) is 4.79 Å². The number of nitrogens with one attached hydrogen (secondary N) is 2. The molecule has 1 fully saturated rings. The third-order valence-corrected chi connectivity index (χ3v) is 3.64. The lowest BCUT2D eigenvalue weighted by Gasteiger charge is -2.28. The molecule has 7 nitrogen and oxygen atoms in total. The third-order valence-electron chi connectivity index (χ3n) is 3.64. The Balaban J connectivity index is 1.74. The van der Waals surface area contributed by atoms with Gasteiger partial charge >= 0.3 is 0 Å². The Morgan fingerprint density at radius 2 is 1.79 bits per heavy atom. The number of nitrogens with zero attached hydrogens (tertiary/aromatic N) is 3. The molecule has 3 rings (SSSR count). The Morgan fingerprint density at radius 1 is 1.12 bits per heavy atom. The molecule has 1 aliphatic rings. The van der Waals surface area contributed by atoms with E-state index in [1.165, 1.54) is 6.92 Å². The maximum Gasteiger partial charge on any atom is 0.221 e. The average Bonchev–Trinajstić information content (AvgIpc) is 2.56. The maximum atomic E-state index is 11.1. The highest BCUT2D eigenvalue weighted by Crippen LogP contribution is 2.21. The van der Waals surface area contributed by atoms with Crippen LogP contribution < -0.4 is 15.5 Å². The van der Waals surface area contributed by atoms with Crippen molar-refractivity contribution in [1.29, 1.82) is 0 Å². The van der Waals surface area contributed by atoms with Crippen molar-refractivity contribution < 1.29 is 9.53 Å². The first-order chi connectivity index (χ1) is 11.6. The van der Waals surface area contributed by atoms with Gasteiger partial charge < -0.3 is 20.3 Å². The molecule has 0 bridgehead atoms. The molecule has 0 spiro atoms. The number of aromatic nitrogens is 2. The van der Waals surface area contributed by atoms with Crippen LogP contribution in [0.1, 0.15) is 12.7 Å². The van der Waals surface area contributed by atoms with Crippen LogP contribution in [0, 0.1) is 6.92 Å². The summed E-state index contributed by atoms with van der Waals surface area (Å²) in [5, 5.41) is 6.03. The topological polar surface area (TPSA) is 79.4 Å². The highest BCUT2D eigenvalue weighted by Gasteiger charge is 2.14. The number of carbonyl (C=O) groups is 1. The number of rotatable bonds is 4. The molecule has 1 aromatic heterocycles. The quantitative estimate of drug-likeness (QED) is 0.897. The van der Waals surface area contributed by atoms with Crippen molar-refractivity contribution in [2.75, 3.05) is 41.8 Å². The summed E-state index contributed by atoms with van der Waals surface area (Å²) >= 11 is 0. The SMILES string of the molecule is CC(=O)Nc1ccc(Nc2cc(N3CCOCC3)nc(C)n2)cc1. The van der Waals surface area contributed by atoms with Crippen LogP contribution in [-0.2, 0) is 9.53 Å². The number of aryl methyl sites for hydroxylation is 1. The van der Waals surface area contributed by atoms with Gasteiger partial charge in [-0.15, -0.1) is 0 Å². The summed E-state index contributed by atoms with van der Waals surface area (Å²) in [4.78, 5) is 22.2. The largest absolute Gasteiger partial charge is 0.378 e. The van der Waals surface area contributed by atoms with E-state index in [0.29, 0.717) is 0 Å². The molecule has 126 valence electrons. The first-order valence-corrected chi connectivity index (χ1v) is 7.93. The van der Waals surface area contributed by atoms with E-state index in [4.69, 9.17) is 4.74 Å². The molecule has 1 saturated heterocycles. The number of amides is 1. The van der Waals surface area contributed by atoms with Crippen LogP contribution in [0.25, 0.3) is 0 Å². The average molecular weight is 327 g/mol. The van der Waals surface area contributed by atoms with Gasteiger partial charge in [-0.05, 0) is 31.2 Å². The molecule has 0 aliphatic carbocycles. The number of benzene rings is 1. The zero-order valence-corrected chi connectivity index (χ0v) is 13.9. The van der Waals surface area contributed by atoms with Crippen LogP contribution in [0.4, 0.5) is 23.0 Å². The minimum Gasteiger partial charge on any atom is -0.378 e. The number of hydrogen-bond donors (Lipinski definition) is 2. The van der Waals surface area contributed by atoms with E-state index in [2.05, 4.69) is 25.5 Å². The van der Waals surface area contributed by atoms with Gasteiger partial charge in [-0.2, -0.15) is 0 Å². The normalized spacial score (nSPS) is 14.3. The summed E-state index contributed by atoms with van der Waals surface area (Å²) in [5.41, 5.74) is 1.66. The number of anilines is 4. The maximum absolute atomic E-state index is 11.1. The number of carbonyl (C=O) groups excluding carboxylic acids is 1. The number of hydrogen-bond acceptors (Lipinski definition) is 6. The van der Waals surface area contributed by atoms with Crippen molar-refractivity contribution in [3.8, 4) is 0 Å². The van der Waals surface area contributed by atoms with E-state index in [0.717, 1.165) is 55.1 Å². The summed E-state index contributed by atoms with van der Waals surface area (Å²) in [6.45, 7) is 6.48. The summed E-state index contributed by atoms with van der Waals surface area (Å²) < 4.78 is 5.39. The summed E-state index contributed by atoms with van der Waals surface area (Å²) in [5.74, 6) is 2.29. The van der Waals surface area contributed by atoms with E-state index >= 15 is 0 Å². The van der Waals surface area contributed by atoms with Crippen LogP contribution in [0.15, 0.2) is 30.3 Å². The molecule has 1 aliphatic heterocycles. The molecule has 0 atom stereocenters. The summed E-state index contributed by atoms with van der Waals surface area (Å²) in [6.07, 6.45) is 0. The highest BCUT2D eigenvalue weighted by atomic mass is 16.5. The first kappa shape index (κ1) is 16.2. The van der Waals surface area contributed by atoms with Crippen LogP contribution in [0.5, 0.6) is 0 Å². The molecule has 24 heavy (non-hydrogen) atoms. The van der Waals surface area contributed by atoms with Gasteiger partial charge in [-0.1, -0.05) is 0 Å². The molecule has 2 N–H and O–H groups in total. The van der Waals surface area contributed by atoms with Gasteiger partial charge in [-0.25, -0.2) is 9.97 Å². The lowest BCUT2D eigenvalue weighted by molar-refractivity contribution is -0.114. The van der Waals surface area contributed by atoms with Crippen molar-refractivity contribution >= 4 is 28.9 Å². The zero-order valence-electron chi connectivity index (χ0n) is 13.9. The van der Waals surface area contributed by atoms with E-state index in [-0.39, 0.29) is 5.91 Å². The molecule has 2 aromatic rings. The van der Waals surface area contributed by atoms with E-state index in [1.807, 2.05) is 37.3 Å². The molecular weight excluding hydrogens is 306 g/mol. The standard InChI is InChI=1S/C17H21N5O2/c1-12-18-16(11-17(19-12)22-7-9-24-10-8-22)21-15-5-3-14(4-6-15)20-13(2)23/h3-6,11H,7-10H2,1-2H3,(H,20,23)(H,18,19,21). The Kier molecular flexibility index (Phi) is 4.90. The lowest BCUT2D eigenvalue weighted by atomic mass is 10.2. The Bertz CT molecular complexity index is 711. The van der Waals surface area contributed by atoms with Crippen molar-refractivity contribution in [2.45, 2.75) is 13.8 Å². The van der Waals surface area contributed by atoms with Crippen LogP contribution >= 0.6 is 0 Å². The van der Waals surface area contributed by atoms with E-state index in [1.54, 1.807) is 0 Å². The van der Waals surface area contributed by atoms with Crippen molar-refractivity contribution in [3.63, 3.8) is 0 Å². The van der Waals surface area contributed by atoms with Gasteiger partial charge in [0.1, 0.15) is 17.5 Å². The molecule has 0 saturated carbocycles. The number of morpholine rings is 1. The molecule has 1 aromatic carbocycles. The second kappa shape index (κ2) is 7.27. The second-order valence-corrected chi connectivity index (χ2v) is 5.64. The Morgan fingerprint density at radius 3 is 2.46 bits per heavy atom. The molecule has 1 amide bonds. The Hall–Kier alpha value is -2.67. The number of ether oxygens (including phenoxy) is 1. The van der Waals surface area contributed by atoms with Crippen molar-refractivity contribution in [3.05, 3.63) is 36.2 Å². The fourth-order valence-electron chi connectivity index (χ4n) is 2.56. The second-order valence-electron chi connectivity index (χ2n) is 5.64. The molecular formula is C17H21N5O2. The van der Waals surface area contributed by atoms with E-state index < -0.39 is 0 Å². The van der Waals surface area contributed by atoms with Crippen molar-refractivity contribution in [1.82, 2.24) is 9.97 Å². The van der Waals surface area contributed by atoms with Crippen LogP contribution in [0.3, 0.4) is 0 Å². The summed E-state index contributed by atoms with van der Waals surface area (Å²) in [7, 11) is 0. The van der Waals surface area contributed by atoms with Crippen LogP contribution in [0.2, 0.25) is 0 Å². The monoisotopic (exact) mass is 327 g/mol. The van der Waals surface area contributed by atoms with Gasteiger partial charge in [0, 0.05) is 37.5 Å². The minimum atomic E-state index is -0.0858. The molecule has 7 heteroatoms. The van der Waals surface area contributed by atoms with Gasteiger partial charge in [0.15, 0.2) is 0 Å². The summed E-state index contributed by atoms with van der Waals surface area (Å²) in [6, 6.07) is 9.44. The predicted molar refractivity (Wildman–Crippen MR) is 93.8 cm³/mol. The molecule has 2 heterocycles. The highest BCUT2D eigenvalue weighted by molar-refractivity contribution is 5.88.